The number of para-hydroxylation sites is 1. The minimum absolute atomic E-state index is 0.0795. The van der Waals surface area contributed by atoms with Gasteiger partial charge in [-0.05, 0) is 74.3 Å². The van der Waals surface area contributed by atoms with Gasteiger partial charge >= 0.3 is 0 Å². The van der Waals surface area contributed by atoms with Crippen LogP contribution in [0.3, 0.4) is 0 Å². The van der Waals surface area contributed by atoms with Crippen LogP contribution in [0.2, 0.25) is 0 Å². The molecule has 1 amide bonds. The molecule has 0 saturated carbocycles. The molecule has 0 aliphatic carbocycles. The monoisotopic (exact) mass is 525 g/mol. The number of ether oxygens (including phenoxy) is 1. The number of rotatable bonds is 4. The molecule has 8 nitrogen and oxygen atoms in total. The minimum Gasteiger partial charge on any atom is -0.381 e. The van der Waals surface area contributed by atoms with Gasteiger partial charge in [-0.3, -0.25) is 14.3 Å². The van der Waals surface area contributed by atoms with Crippen molar-refractivity contribution in [1.29, 1.82) is 0 Å². The Morgan fingerprint density at radius 3 is 2.67 bits per heavy atom. The number of aromatic amines is 1. The van der Waals surface area contributed by atoms with Crippen LogP contribution in [0, 0.1) is 12.8 Å². The third-order valence-corrected chi connectivity index (χ3v) is 9.04. The first kappa shape index (κ1) is 24.4. The molecule has 2 aromatic heterocycles. The summed E-state index contributed by atoms with van der Waals surface area (Å²) in [6, 6.07) is 12.8. The number of benzene rings is 2. The zero-order valence-corrected chi connectivity index (χ0v) is 22.5. The molecule has 0 atom stereocenters. The van der Waals surface area contributed by atoms with Crippen LogP contribution >= 0.6 is 0 Å². The zero-order valence-electron chi connectivity index (χ0n) is 22.5. The molecular weight excluding hydrogens is 490 g/mol. The van der Waals surface area contributed by atoms with Crippen LogP contribution in [-0.4, -0.2) is 65.0 Å². The summed E-state index contributed by atoms with van der Waals surface area (Å²) < 4.78 is 7.54. The molecule has 0 radical (unpaired) electrons. The van der Waals surface area contributed by atoms with E-state index in [1.54, 1.807) is 6.20 Å². The van der Waals surface area contributed by atoms with E-state index in [1.807, 2.05) is 28.6 Å². The normalized spacial score (nSPS) is 18.8. The van der Waals surface area contributed by atoms with E-state index in [4.69, 9.17) is 4.74 Å². The Morgan fingerprint density at radius 2 is 1.85 bits per heavy atom. The van der Waals surface area contributed by atoms with Gasteiger partial charge in [0, 0.05) is 56.0 Å². The maximum absolute atomic E-state index is 13.8. The summed E-state index contributed by atoms with van der Waals surface area (Å²) in [4.78, 5) is 34.2. The highest BCUT2D eigenvalue weighted by Crippen LogP contribution is 2.32. The highest BCUT2D eigenvalue weighted by molar-refractivity contribution is 6.07. The van der Waals surface area contributed by atoms with Crippen molar-refractivity contribution in [2.75, 3.05) is 44.3 Å². The smallest absolute Gasteiger partial charge is 0.259 e. The second-order valence-corrected chi connectivity index (χ2v) is 11.4. The second kappa shape index (κ2) is 9.83. The predicted octanol–water partition coefficient (Wildman–Crippen LogP) is 4.45. The summed E-state index contributed by atoms with van der Waals surface area (Å²) in [6.45, 7) is 7.05. The SMILES string of the molecule is Cc1cc2[nH]c(=O)c3cnn(C4CCOCC4)c3c2cc1C(=O)N1CCC(CN2CCc3ccccc32)CC1. The molecule has 0 spiro atoms. The number of nitrogens with one attached hydrogen (secondary N) is 1. The Balaban J connectivity index is 1.13. The quantitative estimate of drug-likeness (QED) is 0.426. The molecule has 0 unspecified atom stereocenters. The van der Waals surface area contributed by atoms with Crippen LogP contribution in [0.5, 0.6) is 0 Å². The summed E-state index contributed by atoms with van der Waals surface area (Å²) >= 11 is 0. The number of nitrogens with zero attached hydrogens (tertiary/aromatic N) is 4. The minimum atomic E-state index is -0.142. The number of likely N-dealkylation sites (tertiary alicyclic amines) is 1. The van der Waals surface area contributed by atoms with Crippen molar-refractivity contribution in [3.63, 3.8) is 0 Å². The van der Waals surface area contributed by atoms with Gasteiger partial charge in [-0.1, -0.05) is 18.2 Å². The molecule has 7 rings (SSSR count). The largest absolute Gasteiger partial charge is 0.381 e. The van der Waals surface area contributed by atoms with Gasteiger partial charge in [0.05, 0.1) is 28.7 Å². The van der Waals surface area contributed by atoms with Gasteiger partial charge in [-0.25, -0.2) is 0 Å². The molecule has 5 heterocycles. The van der Waals surface area contributed by atoms with E-state index in [2.05, 4.69) is 39.2 Å². The van der Waals surface area contributed by atoms with Gasteiger partial charge in [-0.15, -0.1) is 0 Å². The number of carbonyl (C=O) groups excluding carboxylic acids is 1. The fraction of sp³-hybridized carbons (Fsp3) is 0.452. The maximum atomic E-state index is 13.8. The van der Waals surface area contributed by atoms with Crippen LogP contribution in [0.15, 0.2) is 47.4 Å². The van der Waals surface area contributed by atoms with E-state index in [1.165, 1.54) is 11.3 Å². The summed E-state index contributed by atoms with van der Waals surface area (Å²) in [7, 11) is 0. The lowest BCUT2D eigenvalue weighted by molar-refractivity contribution is 0.0675. The highest BCUT2D eigenvalue weighted by atomic mass is 16.5. The van der Waals surface area contributed by atoms with Gasteiger partial charge < -0.3 is 19.5 Å². The summed E-state index contributed by atoms with van der Waals surface area (Å²) in [6.07, 6.45) is 6.55. The lowest BCUT2D eigenvalue weighted by Gasteiger charge is -2.35. The molecule has 39 heavy (non-hydrogen) atoms. The first-order valence-corrected chi connectivity index (χ1v) is 14.3. The maximum Gasteiger partial charge on any atom is 0.259 e. The second-order valence-electron chi connectivity index (χ2n) is 11.4. The average Bonchev–Trinajstić information content (AvgIpc) is 3.59. The number of fused-ring (bicyclic) bond motifs is 4. The number of aryl methyl sites for hydroxylation is 1. The lowest BCUT2D eigenvalue weighted by atomic mass is 9.94. The fourth-order valence-electron chi connectivity index (χ4n) is 6.83. The molecule has 3 aliphatic rings. The van der Waals surface area contributed by atoms with Gasteiger partial charge in [0.25, 0.3) is 11.5 Å². The molecule has 8 heteroatoms. The third-order valence-electron chi connectivity index (χ3n) is 9.04. The van der Waals surface area contributed by atoms with E-state index in [0.29, 0.717) is 30.1 Å². The van der Waals surface area contributed by atoms with Gasteiger partial charge in [0.2, 0.25) is 0 Å². The van der Waals surface area contributed by atoms with Crippen molar-refractivity contribution in [2.45, 2.75) is 45.1 Å². The third kappa shape index (κ3) is 4.31. The number of aromatic nitrogens is 3. The first-order chi connectivity index (χ1) is 19.1. The Hall–Kier alpha value is -3.65. The van der Waals surface area contributed by atoms with E-state index in [9.17, 15) is 9.59 Å². The first-order valence-electron chi connectivity index (χ1n) is 14.3. The Labute approximate surface area is 227 Å². The van der Waals surface area contributed by atoms with Crippen molar-refractivity contribution < 1.29 is 9.53 Å². The predicted molar refractivity (Wildman–Crippen MR) is 153 cm³/mol. The van der Waals surface area contributed by atoms with Crippen LogP contribution in [0.4, 0.5) is 5.69 Å². The summed E-state index contributed by atoms with van der Waals surface area (Å²) in [5.41, 5.74) is 5.85. The van der Waals surface area contributed by atoms with Crippen molar-refractivity contribution in [3.8, 4) is 0 Å². The number of hydrogen-bond acceptors (Lipinski definition) is 5. The molecule has 2 saturated heterocycles. The topological polar surface area (TPSA) is 83.5 Å². The van der Waals surface area contributed by atoms with Gasteiger partial charge in [0.15, 0.2) is 0 Å². The Kier molecular flexibility index (Phi) is 6.15. The average molecular weight is 526 g/mol. The van der Waals surface area contributed by atoms with Crippen LogP contribution in [0.1, 0.15) is 53.2 Å². The van der Waals surface area contributed by atoms with Gasteiger partial charge in [0.1, 0.15) is 0 Å². The number of H-pyrrole nitrogens is 1. The highest BCUT2D eigenvalue weighted by Gasteiger charge is 2.29. The fourth-order valence-corrected chi connectivity index (χ4v) is 6.83. The van der Waals surface area contributed by atoms with Crippen LogP contribution < -0.4 is 10.5 Å². The molecule has 1 N–H and O–H groups in total. The molecule has 2 aromatic carbocycles. The molecule has 0 bridgehead atoms. The van der Waals surface area contributed by atoms with Crippen molar-refractivity contribution in [2.24, 2.45) is 5.92 Å². The van der Waals surface area contributed by atoms with Crippen LogP contribution in [-0.2, 0) is 11.2 Å². The number of piperidine rings is 1. The number of carbonyl (C=O) groups is 1. The van der Waals surface area contributed by atoms with Crippen molar-refractivity contribution >= 4 is 33.4 Å². The number of anilines is 1. The van der Waals surface area contributed by atoms with Crippen molar-refractivity contribution in [3.05, 3.63) is 69.6 Å². The number of amides is 1. The van der Waals surface area contributed by atoms with E-state index < -0.39 is 0 Å². The van der Waals surface area contributed by atoms with Crippen LogP contribution in [0.25, 0.3) is 21.8 Å². The Morgan fingerprint density at radius 1 is 1.05 bits per heavy atom. The molecule has 2 fully saturated rings. The molecule has 4 aromatic rings. The van der Waals surface area contributed by atoms with E-state index in [-0.39, 0.29) is 17.5 Å². The van der Waals surface area contributed by atoms with E-state index >= 15 is 0 Å². The van der Waals surface area contributed by atoms with E-state index in [0.717, 1.165) is 80.3 Å². The molecular formula is C31H35N5O3. The van der Waals surface area contributed by atoms with Gasteiger partial charge in [-0.2, -0.15) is 5.10 Å². The zero-order chi connectivity index (χ0) is 26.5. The summed E-state index contributed by atoms with van der Waals surface area (Å²) in [5, 5.41) is 6.07. The lowest BCUT2D eigenvalue weighted by Crippen LogP contribution is -2.41. The number of hydrogen-bond donors (Lipinski definition) is 1. The summed E-state index contributed by atoms with van der Waals surface area (Å²) in [5.74, 6) is 0.673. The molecule has 3 aliphatic heterocycles. The molecule has 202 valence electrons. The standard InChI is InChI=1S/C31H35N5O3/c1-20-16-27-25(29-26(30(37)33-27)18-32-36(29)23-9-14-39-15-10-23)17-24(20)31(38)34-11-6-21(7-12-34)19-35-13-8-22-4-2-3-5-28(22)35/h2-5,16-18,21,23H,6-15,19H2,1H3,(H,33,37). The Bertz CT molecular complexity index is 1610. The number of pyridine rings is 1. The van der Waals surface area contributed by atoms with Crippen molar-refractivity contribution in [1.82, 2.24) is 19.7 Å².